The SMILES string of the molecule is CC(C)NS(=O)(=O)c1cccc(C(=O)NCCc2ccccn2)c1. The molecule has 1 heterocycles. The van der Waals surface area contributed by atoms with Crippen LogP contribution in [0.3, 0.4) is 0 Å². The highest BCUT2D eigenvalue weighted by molar-refractivity contribution is 7.89. The average Bonchev–Trinajstić information content (AvgIpc) is 2.55. The molecule has 2 rings (SSSR count). The molecule has 24 heavy (non-hydrogen) atoms. The average molecular weight is 347 g/mol. The minimum absolute atomic E-state index is 0.0774. The summed E-state index contributed by atoms with van der Waals surface area (Å²) >= 11 is 0. The van der Waals surface area contributed by atoms with E-state index in [9.17, 15) is 13.2 Å². The number of nitrogens with one attached hydrogen (secondary N) is 2. The standard InChI is InChI=1S/C17H21N3O3S/c1-13(2)20-24(22,23)16-8-5-6-14(12-16)17(21)19-11-9-15-7-3-4-10-18-15/h3-8,10,12-13,20H,9,11H2,1-2H3,(H,19,21). The van der Waals surface area contributed by atoms with Crippen LogP contribution in [0.1, 0.15) is 29.9 Å². The van der Waals surface area contributed by atoms with Crippen molar-refractivity contribution in [3.63, 3.8) is 0 Å². The molecule has 0 fully saturated rings. The van der Waals surface area contributed by atoms with Crippen molar-refractivity contribution in [1.82, 2.24) is 15.0 Å². The molecular formula is C17H21N3O3S. The van der Waals surface area contributed by atoms with E-state index < -0.39 is 10.0 Å². The lowest BCUT2D eigenvalue weighted by Gasteiger charge is -2.11. The van der Waals surface area contributed by atoms with Gasteiger partial charge in [-0.1, -0.05) is 12.1 Å². The quantitative estimate of drug-likeness (QED) is 0.798. The van der Waals surface area contributed by atoms with Crippen molar-refractivity contribution < 1.29 is 13.2 Å². The first-order valence-corrected chi connectivity index (χ1v) is 9.17. The molecule has 0 aliphatic heterocycles. The zero-order valence-electron chi connectivity index (χ0n) is 13.7. The Morgan fingerprint density at radius 1 is 1.17 bits per heavy atom. The lowest BCUT2D eigenvalue weighted by atomic mass is 10.2. The minimum atomic E-state index is -3.62. The Morgan fingerprint density at radius 3 is 2.62 bits per heavy atom. The van der Waals surface area contributed by atoms with E-state index in [1.807, 2.05) is 18.2 Å². The molecule has 2 N–H and O–H groups in total. The van der Waals surface area contributed by atoms with Crippen molar-refractivity contribution in [3.8, 4) is 0 Å². The van der Waals surface area contributed by atoms with Gasteiger partial charge in [0.05, 0.1) is 4.90 Å². The number of nitrogens with zero attached hydrogens (tertiary/aromatic N) is 1. The molecule has 0 aliphatic carbocycles. The van der Waals surface area contributed by atoms with E-state index in [0.29, 0.717) is 18.5 Å². The number of aromatic nitrogens is 1. The molecular weight excluding hydrogens is 326 g/mol. The lowest BCUT2D eigenvalue weighted by molar-refractivity contribution is 0.0954. The number of amides is 1. The van der Waals surface area contributed by atoms with Crippen LogP contribution in [0.15, 0.2) is 53.6 Å². The van der Waals surface area contributed by atoms with Crippen LogP contribution in [0, 0.1) is 0 Å². The van der Waals surface area contributed by atoms with Crippen LogP contribution in [0.5, 0.6) is 0 Å². The third kappa shape index (κ3) is 5.14. The number of pyridine rings is 1. The fourth-order valence-corrected chi connectivity index (χ4v) is 3.43. The van der Waals surface area contributed by atoms with Gasteiger partial charge in [-0.05, 0) is 44.2 Å². The number of benzene rings is 1. The predicted molar refractivity (Wildman–Crippen MR) is 92.2 cm³/mol. The number of rotatable bonds is 7. The zero-order valence-corrected chi connectivity index (χ0v) is 14.5. The normalized spacial score (nSPS) is 11.5. The zero-order chi connectivity index (χ0) is 17.6. The summed E-state index contributed by atoms with van der Waals surface area (Å²) in [6, 6.07) is 11.4. The molecule has 0 bridgehead atoms. The molecule has 2 aromatic rings. The fraction of sp³-hybridized carbons (Fsp3) is 0.294. The van der Waals surface area contributed by atoms with E-state index in [0.717, 1.165) is 5.69 Å². The molecule has 1 aromatic heterocycles. The molecule has 0 saturated carbocycles. The van der Waals surface area contributed by atoms with Crippen molar-refractivity contribution >= 4 is 15.9 Å². The Kier molecular flexibility index (Phi) is 6.05. The summed E-state index contributed by atoms with van der Waals surface area (Å²) in [6.07, 6.45) is 2.31. The molecule has 0 spiro atoms. The Balaban J connectivity index is 2.01. The van der Waals surface area contributed by atoms with Crippen LogP contribution in [0.4, 0.5) is 0 Å². The van der Waals surface area contributed by atoms with Crippen molar-refractivity contribution in [2.45, 2.75) is 31.2 Å². The fourth-order valence-electron chi connectivity index (χ4n) is 2.14. The summed E-state index contributed by atoms with van der Waals surface area (Å²) in [5.74, 6) is -0.312. The maximum Gasteiger partial charge on any atom is 0.251 e. The van der Waals surface area contributed by atoms with Gasteiger partial charge in [-0.3, -0.25) is 9.78 Å². The molecule has 128 valence electrons. The second-order valence-electron chi connectivity index (χ2n) is 5.63. The summed E-state index contributed by atoms with van der Waals surface area (Å²) in [5.41, 5.74) is 1.19. The van der Waals surface area contributed by atoms with E-state index in [1.165, 1.54) is 12.1 Å². The second-order valence-corrected chi connectivity index (χ2v) is 7.34. The van der Waals surface area contributed by atoms with Crippen molar-refractivity contribution in [2.24, 2.45) is 0 Å². The molecule has 0 unspecified atom stereocenters. The first-order valence-electron chi connectivity index (χ1n) is 7.69. The maximum absolute atomic E-state index is 12.2. The molecule has 1 amide bonds. The van der Waals surface area contributed by atoms with Crippen molar-refractivity contribution in [1.29, 1.82) is 0 Å². The van der Waals surface area contributed by atoms with Crippen molar-refractivity contribution in [2.75, 3.05) is 6.54 Å². The first-order chi connectivity index (χ1) is 11.4. The topological polar surface area (TPSA) is 88.2 Å². The predicted octanol–water partition coefficient (Wildman–Crippen LogP) is 1.74. The Morgan fingerprint density at radius 2 is 1.96 bits per heavy atom. The first kappa shape index (κ1) is 18.1. The monoisotopic (exact) mass is 347 g/mol. The largest absolute Gasteiger partial charge is 0.352 e. The molecule has 0 aliphatic rings. The van der Waals surface area contributed by atoms with E-state index >= 15 is 0 Å². The Labute approximate surface area is 142 Å². The summed E-state index contributed by atoms with van der Waals surface area (Å²) in [6.45, 7) is 3.91. The molecule has 0 radical (unpaired) electrons. The van der Waals surface area contributed by atoms with E-state index in [4.69, 9.17) is 0 Å². The van der Waals surface area contributed by atoms with Gasteiger partial charge < -0.3 is 5.32 Å². The molecule has 0 atom stereocenters. The molecule has 6 nitrogen and oxygen atoms in total. The smallest absolute Gasteiger partial charge is 0.251 e. The second kappa shape index (κ2) is 8.03. The highest BCUT2D eigenvalue weighted by atomic mass is 32.2. The number of carbonyl (C=O) groups is 1. The highest BCUT2D eigenvalue weighted by Crippen LogP contribution is 2.12. The number of carbonyl (C=O) groups excluding carboxylic acids is 1. The van der Waals surface area contributed by atoms with Crippen LogP contribution >= 0.6 is 0 Å². The molecule has 0 saturated heterocycles. The van der Waals surface area contributed by atoms with Crippen molar-refractivity contribution in [3.05, 3.63) is 59.9 Å². The molecule has 7 heteroatoms. The Bertz CT molecular complexity index is 790. The van der Waals surface area contributed by atoms with Gasteiger partial charge in [0.2, 0.25) is 10.0 Å². The van der Waals surface area contributed by atoms with Gasteiger partial charge in [-0.15, -0.1) is 0 Å². The van der Waals surface area contributed by atoms with Gasteiger partial charge in [0.25, 0.3) is 5.91 Å². The summed E-state index contributed by atoms with van der Waals surface area (Å²) in [5, 5.41) is 2.77. The van der Waals surface area contributed by atoms with E-state index in [-0.39, 0.29) is 16.8 Å². The number of hydrogen-bond donors (Lipinski definition) is 2. The minimum Gasteiger partial charge on any atom is -0.352 e. The van der Waals surface area contributed by atoms with Crippen LogP contribution in [-0.2, 0) is 16.4 Å². The third-order valence-electron chi connectivity index (χ3n) is 3.19. The van der Waals surface area contributed by atoms with Gasteiger partial charge in [-0.2, -0.15) is 0 Å². The maximum atomic E-state index is 12.2. The highest BCUT2D eigenvalue weighted by Gasteiger charge is 2.17. The van der Waals surface area contributed by atoms with Crippen LogP contribution in [0.2, 0.25) is 0 Å². The number of sulfonamides is 1. The van der Waals surface area contributed by atoms with Crippen LogP contribution in [0.25, 0.3) is 0 Å². The van der Waals surface area contributed by atoms with Gasteiger partial charge >= 0.3 is 0 Å². The van der Waals surface area contributed by atoms with Gasteiger partial charge in [0.15, 0.2) is 0 Å². The third-order valence-corrected chi connectivity index (χ3v) is 4.85. The molecule has 1 aromatic carbocycles. The van der Waals surface area contributed by atoms with Gasteiger partial charge in [0, 0.05) is 36.5 Å². The van der Waals surface area contributed by atoms with E-state index in [1.54, 1.807) is 32.2 Å². The van der Waals surface area contributed by atoms with E-state index in [2.05, 4.69) is 15.0 Å². The van der Waals surface area contributed by atoms with Crippen LogP contribution < -0.4 is 10.0 Å². The Hall–Kier alpha value is -2.25. The summed E-state index contributed by atoms with van der Waals surface area (Å²) < 4.78 is 26.8. The van der Waals surface area contributed by atoms with Gasteiger partial charge in [-0.25, -0.2) is 13.1 Å². The lowest BCUT2D eigenvalue weighted by Crippen LogP contribution is -2.31. The van der Waals surface area contributed by atoms with Gasteiger partial charge in [0.1, 0.15) is 0 Å². The van der Waals surface area contributed by atoms with Crippen LogP contribution in [-0.4, -0.2) is 31.9 Å². The summed E-state index contributed by atoms with van der Waals surface area (Å²) in [4.78, 5) is 16.5. The summed E-state index contributed by atoms with van der Waals surface area (Å²) in [7, 11) is -3.62. The number of hydrogen-bond acceptors (Lipinski definition) is 4.